The maximum Gasteiger partial charge on any atom is 0.0120 e. The van der Waals surface area contributed by atoms with Crippen LogP contribution < -0.4 is 5.32 Å². The van der Waals surface area contributed by atoms with E-state index in [1.54, 1.807) is 0 Å². The predicted octanol–water partition coefficient (Wildman–Crippen LogP) is 1.47. The molecular formula is C11H22N2. The Kier molecular flexibility index (Phi) is 3.23. The van der Waals surface area contributed by atoms with Gasteiger partial charge in [-0.1, -0.05) is 13.3 Å². The van der Waals surface area contributed by atoms with Crippen LogP contribution in [-0.4, -0.2) is 37.1 Å². The van der Waals surface area contributed by atoms with E-state index in [9.17, 15) is 0 Å². The van der Waals surface area contributed by atoms with Gasteiger partial charge in [0.25, 0.3) is 0 Å². The second-order valence-electron chi connectivity index (χ2n) is 4.55. The van der Waals surface area contributed by atoms with Gasteiger partial charge in [0.15, 0.2) is 0 Å². The third kappa shape index (κ3) is 2.23. The number of nitrogens with one attached hydrogen (secondary N) is 1. The molecule has 0 amide bonds. The molecular weight excluding hydrogens is 160 g/mol. The molecule has 76 valence electrons. The van der Waals surface area contributed by atoms with Crippen LogP contribution in [0.25, 0.3) is 0 Å². The first-order valence-electron chi connectivity index (χ1n) is 5.86. The quantitative estimate of drug-likeness (QED) is 0.662. The predicted molar refractivity (Wildman–Crippen MR) is 55.9 cm³/mol. The van der Waals surface area contributed by atoms with Crippen molar-refractivity contribution in [1.82, 2.24) is 10.2 Å². The highest BCUT2D eigenvalue weighted by molar-refractivity contribution is 4.90. The lowest BCUT2D eigenvalue weighted by Crippen LogP contribution is -2.44. The standard InChI is InChI=1S/C11H22N2/c1-2-3-6-12-11-5-8-13-7-4-10(11)9-13/h10-12H,2-9H2,1H3. The molecule has 0 aromatic carbocycles. The van der Waals surface area contributed by atoms with E-state index in [1.165, 1.54) is 51.9 Å². The zero-order valence-electron chi connectivity index (χ0n) is 8.76. The molecule has 0 aromatic rings. The van der Waals surface area contributed by atoms with Crippen molar-refractivity contribution in [3.8, 4) is 0 Å². The molecule has 0 saturated carbocycles. The Balaban J connectivity index is 1.73. The van der Waals surface area contributed by atoms with Crippen molar-refractivity contribution in [2.75, 3.05) is 26.2 Å². The van der Waals surface area contributed by atoms with Gasteiger partial charge in [0, 0.05) is 12.6 Å². The lowest BCUT2D eigenvalue weighted by atomic mass is 9.94. The van der Waals surface area contributed by atoms with Gasteiger partial charge in [-0.2, -0.15) is 0 Å². The molecule has 2 rings (SSSR count). The average molecular weight is 182 g/mol. The van der Waals surface area contributed by atoms with Crippen molar-refractivity contribution in [3.63, 3.8) is 0 Å². The zero-order chi connectivity index (χ0) is 9.10. The SMILES string of the molecule is CCCCNC1CCN2CCC1C2. The molecule has 2 heteroatoms. The Hall–Kier alpha value is -0.0800. The normalized spacial score (nSPS) is 38.1. The first-order valence-corrected chi connectivity index (χ1v) is 5.86. The maximum atomic E-state index is 3.72. The van der Waals surface area contributed by atoms with Crippen LogP contribution in [0.15, 0.2) is 0 Å². The minimum Gasteiger partial charge on any atom is -0.314 e. The summed E-state index contributed by atoms with van der Waals surface area (Å²) in [4.78, 5) is 2.61. The number of unbranched alkanes of at least 4 members (excludes halogenated alkanes) is 1. The van der Waals surface area contributed by atoms with Crippen LogP contribution in [0.4, 0.5) is 0 Å². The number of hydrogen-bond acceptors (Lipinski definition) is 2. The highest BCUT2D eigenvalue weighted by Crippen LogP contribution is 2.26. The molecule has 0 spiro atoms. The first kappa shape index (κ1) is 9.47. The topological polar surface area (TPSA) is 15.3 Å². The summed E-state index contributed by atoms with van der Waals surface area (Å²) in [5.74, 6) is 0.964. The largest absolute Gasteiger partial charge is 0.314 e. The first-order chi connectivity index (χ1) is 6.40. The summed E-state index contributed by atoms with van der Waals surface area (Å²) in [6.07, 6.45) is 5.47. The van der Waals surface area contributed by atoms with E-state index in [1.807, 2.05) is 0 Å². The Labute approximate surface area is 81.7 Å². The van der Waals surface area contributed by atoms with Gasteiger partial charge < -0.3 is 10.2 Å². The summed E-state index contributed by atoms with van der Waals surface area (Å²) in [7, 11) is 0. The van der Waals surface area contributed by atoms with Crippen molar-refractivity contribution in [2.45, 2.75) is 38.6 Å². The monoisotopic (exact) mass is 182 g/mol. The van der Waals surface area contributed by atoms with Crippen molar-refractivity contribution < 1.29 is 0 Å². The van der Waals surface area contributed by atoms with E-state index >= 15 is 0 Å². The van der Waals surface area contributed by atoms with Crippen LogP contribution in [0, 0.1) is 5.92 Å². The lowest BCUT2D eigenvalue weighted by Gasteiger charge is -2.31. The fraction of sp³-hybridized carbons (Fsp3) is 1.00. The summed E-state index contributed by atoms with van der Waals surface area (Å²) >= 11 is 0. The molecule has 2 heterocycles. The minimum atomic E-state index is 0.838. The molecule has 2 aliphatic rings. The summed E-state index contributed by atoms with van der Waals surface area (Å²) < 4.78 is 0. The molecule has 13 heavy (non-hydrogen) atoms. The van der Waals surface area contributed by atoms with Crippen LogP contribution in [0.5, 0.6) is 0 Å². The lowest BCUT2D eigenvalue weighted by molar-refractivity contribution is 0.221. The smallest absolute Gasteiger partial charge is 0.0120 e. The summed E-state index contributed by atoms with van der Waals surface area (Å²) in [5, 5.41) is 3.72. The molecule has 0 aliphatic carbocycles. The van der Waals surface area contributed by atoms with Crippen molar-refractivity contribution in [1.29, 1.82) is 0 Å². The Morgan fingerprint density at radius 3 is 3.00 bits per heavy atom. The van der Waals surface area contributed by atoms with Crippen LogP contribution >= 0.6 is 0 Å². The molecule has 2 nitrogen and oxygen atoms in total. The summed E-state index contributed by atoms with van der Waals surface area (Å²) in [5.41, 5.74) is 0. The Bertz CT molecular complexity index is 158. The van der Waals surface area contributed by atoms with Gasteiger partial charge in [-0.3, -0.25) is 0 Å². The minimum absolute atomic E-state index is 0.838. The van der Waals surface area contributed by atoms with Crippen LogP contribution in [-0.2, 0) is 0 Å². The maximum absolute atomic E-state index is 3.72. The average Bonchev–Trinajstić information content (AvgIpc) is 2.53. The van der Waals surface area contributed by atoms with Gasteiger partial charge in [-0.15, -0.1) is 0 Å². The van der Waals surface area contributed by atoms with Gasteiger partial charge in [0.2, 0.25) is 0 Å². The molecule has 1 N–H and O–H groups in total. The van der Waals surface area contributed by atoms with E-state index in [-0.39, 0.29) is 0 Å². The van der Waals surface area contributed by atoms with Crippen LogP contribution in [0.3, 0.4) is 0 Å². The second-order valence-corrected chi connectivity index (χ2v) is 4.55. The third-order valence-electron chi connectivity index (χ3n) is 3.57. The molecule has 0 aromatic heterocycles. The summed E-state index contributed by atoms with van der Waals surface area (Å²) in [6, 6.07) is 0.838. The third-order valence-corrected chi connectivity index (χ3v) is 3.57. The number of hydrogen-bond donors (Lipinski definition) is 1. The van der Waals surface area contributed by atoms with Crippen LogP contribution in [0.2, 0.25) is 0 Å². The second kappa shape index (κ2) is 4.43. The van der Waals surface area contributed by atoms with Crippen molar-refractivity contribution in [2.24, 2.45) is 5.92 Å². The molecule has 3 unspecified atom stereocenters. The van der Waals surface area contributed by atoms with E-state index in [0.29, 0.717) is 0 Å². The number of fused-ring (bicyclic) bond motifs is 2. The van der Waals surface area contributed by atoms with E-state index in [0.717, 1.165) is 12.0 Å². The van der Waals surface area contributed by atoms with Gasteiger partial charge in [0.1, 0.15) is 0 Å². The van der Waals surface area contributed by atoms with Gasteiger partial charge in [0.05, 0.1) is 0 Å². The molecule has 2 fully saturated rings. The summed E-state index contributed by atoms with van der Waals surface area (Å²) in [6.45, 7) is 7.55. The van der Waals surface area contributed by atoms with Crippen molar-refractivity contribution >= 4 is 0 Å². The molecule has 2 aliphatic heterocycles. The van der Waals surface area contributed by atoms with E-state index in [2.05, 4.69) is 17.1 Å². The molecule has 2 bridgehead atoms. The fourth-order valence-electron chi connectivity index (χ4n) is 2.68. The van der Waals surface area contributed by atoms with E-state index in [4.69, 9.17) is 0 Å². The number of piperidine rings is 1. The highest BCUT2D eigenvalue weighted by atomic mass is 15.2. The van der Waals surface area contributed by atoms with E-state index < -0.39 is 0 Å². The fourth-order valence-corrected chi connectivity index (χ4v) is 2.68. The Morgan fingerprint density at radius 2 is 2.15 bits per heavy atom. The Morgan fingerprint density at radius 1 is 1.31 bits per heavy atom. The van der Waals surface area contributed by atoms with Crippen LogP contribution in [0.1, 0.15) is 32.6 Å². The number of rotatable bonds is 4. The van der Waals surface area contributed by atoms with Crippen molar-refractivity contribution in [3.05, 3.63) is 0 Å². The molecule has 2 saturated heterocycles. The number of nitrogens with zero attached hydrogens (tertiary/aromatic N) is 1. The molecule has 3 atom stereocenters. The zero-order valence-corrected chi connectivity index (χ0v) is 8.76. The van der Waals surface area contributed by atoms with Gasteiger partial charge in [-0.05, 0) is 44.8 Å². The highest BCUT2D eigenvalue weighted by Gasteiger charge is 2.33. The van der Waals surface area contributed by atoms with Gasteiger partial charge in [-0.25, -0.2) is 0 Å². The van der Waals surface area contributed by atoms with Gasteiger partial charge >= 0.3 is 0 Å². The molecule has 0 radical (unpaired) electrons.